The van der Waals surface area contributed by atoms with Crippen molar-refractivity contribution in [1.82, 2.24) is 14.9 Å². The smallest absolute Gasteiger partial charge is 0.410 e. The van der Waals surface area contributed by atoms with Crippen LogP contribution in [0.1, 0.15) is 45.6 Å². The van der Waals surface area contributed by atoms with Gasteiger partial charge in [-0.25, -0.2) is 9.78 Å². The van der Waals surface area contributed by atoms with E-state index in [9.17, 15) is 4.79 Å². The van der Waals surface area contributed by atoms with Gasteiger partial charge in [0.2, 0.25) is 0 Å². The fourth-order valence-corrected chi connectivity index (χ4v) is 2.71. The fraction of sp³-hybridized carbons (Fsp3) is 0.706. The van der Waals surface area contributed by atoms with E-state index in [2.05, 4.69) is 9.97 Å². The lowest BCUT2D eigenvalue weighted by Gasteiger charge is -2.34. The summed E-state index contributed by atoms with van der Waals surface area (Å²) in [6.07, 6.45) is 4.32. The second kappa shape index (κ2) is 8.01. The molecule has 2 rings (SSSR count). The number of aryl methyl sites for hydroxylation is 1. The van der Waals surface area contributed by atoms with Gasteiger partial charge in [-0.15, -0.1) is 0 Å². The normalized spacial score (nSPS) is 18.4. The predicted molar refractivity (Wildman–Crippen MR) is 92.4 cm³/mol. The quantitative estimate of drug-likeness (QED) is 0.767. The number of ether oxygens (including phenoxy) is 2. The summed E-state index contributed by atoms with van der Waals surface area (Å²) in [6.45, 7) is 9.45. The van der Waals surface area contributed by atoms with Crippen LogP contribution in [0.4, 0.5) is 4.79 Å². The van der Waals surface area contributed by atoms with E-state index in [4.69, 9.17) is 21.1 Å². The second-order valence-corrected chi connectivity index (χ2v) is 7.56. The van der Waals surface area contributed by atoms with Gasteiger partial charge in [0.05, 0.1) is 6.61 Å². The third-order valence-corrected chi connectivity index (χ3v) is 4.20. The molecule has 1 atom stereocenters. The lowest BCUT2D eigenvalue weighted by Crippen LogP contribution is -2.43. The minimum absolute atomic E-state index is 0.234. The molecule has 7 heteroatoms. The summed E-state index contributed by atoms with van der Waals surface area (Å²) in [6, 6.07) is 0.297. The van der Waals surface area contributed by atoms with Gasteiger partial charge >= 0.3 is 12.1 Å². The number of halogens is 1. The maximum Gasteiger partial charge on any atom is 0.410 e. The van der Waals surface area contributed by atoms with E-state index in [1.807, 2.05) is 27.7 Å². The third kappa shape index (κ3) is 5.82. The zero-order valence-electron chi connectivity index (χ0n) is 14.8. The highest BCUT2D eigenvalue weighted by atomic mass is 35.5. The van der Waals surface area contributed by atoms with Crippen LogP contribution >= 0.6 is 11.6 Å². The molecule has 0 bridgehead atoms. The third-order valence-electron chi connectivity index (χ3n) is 3.82. The zero-order valence-corrected chi connectivity index (χ0v) is 15.6. The van der Waals surface area contributed by atoms with Crippen molar-refractivity contribution in [3.63, 3.8) is 0 Å². The topological polar surface area (TPSA) is 64.5 Å². The van der Waals surface area contributed by atoms with E-state index in [-0.39, 0.29) is 6.09 Å². The number of piperidine rings is 1. The highest BCUT2D eigenvalue weighted by molar-refractivity contribution is 6.30. The summed E-state index contributed by atoms with van der Waals surface area (Å²) >= 11 is 5.96. The Morgan fingerprint density at radius 2 is 2.21 bits per heavy atom. The van der Waals surface area contributed by atoms with Crippen molar-refractivity contribution in [1.29, 1.82) is 0 Å². The number of likely N-dealkylation sites (tertiary alicyclic amines) is 1. The van der Waals surface area contributed by atoms with E-state index >= 15 is 0 Å². The first-order valence-corrected chi connectivity index (χ1v) is 8.72. The summed E-state index contributed by atoms with van der Waals surface area (Å²) in [5.41, 5.74) is 0.360. The van der Waals surface area contributed by atoms with E-state index in [0.717, 1.165) is 31.4 Å². The average Bonchev–Trinajstić information content (AvgIpc) is 2.49. The van der Waals surface area contributed by atoms with E-state index in [1.54, 1.807) is 11.1 Å². The van der Waals surface area contributed by atoms with Crippen molar-refractivity contribution in [3.8, 4) is 6.01 Å². The lowest BCUT2D eigenvalue weighted by molar-refractivity contribution is 0.0154. The number of rotatable bonds is 4. The van der Waals surface area contributed by atoms with Gasteiger partial charge in [-0.1, -0.05) is 11.6 Å². The van der Waals surface area contributed by atoms with Crippen molar-refractivity contribution in [2.75, 3.05) is 19.7 Å². The summed E-state index contributed by atoms with van der Waals surface area (Å²) in [5, 5.41) is 0.411. The summed E-state index contributed by atoms with van der Waals surface area (Å²) in [4.78, 5) is 22.1. The molecule has 2 heterocycles. The molecule has 0 N–H and O–H groups in total. The molecule has 1 amide bonds. The Labute approximate surface area is 148 Å². The van der Waals surface area contributed by atoms with Crippen LogP contribution in [0.2, 0.25) is 5.15 Å². The molecular formula is C17H26ClN3O3. The molecule has 24 heavy (non-hydrogen) atoms. The van der Waals surface area contributed by atoms with Crippen molar-refractivity contribution >= 4 is 17.7 Å². The maximum atomic E-state index is 12.2. The van der Waals surface area contributed by atoms with E-state index in [0.29, 0.717) is 30.2 Å². The Hall–Kier alpha value is -1.56. The van der Waals surface area contributed by atoms with Gasteiger partial charge in [0, 0.05) is 24.8 Å². The Morgan fingerprint density at radius 3 is 2.88 bits per heavy atom. The molecule has 0 spiro atoms. The standard InChI is InChI=1S/C17H26ClN3O3/c1-12-10-19-15(20-14(12)18)23-9-7-13-6-5-8-21(11-13)16(22)24-17(2,3)4/h10,13H,5-9,11H2,1-4H3. The SMILES string of the molecule is Cc1cnc(OCCC2CCCN(C(=O)OC(C)(C)C)C2)nc1Cl. The molecule has 0 aliphatic carbocycles. The molecule has 1 aliphatic rings. The van der Waals surface area contributed by atoms with Gasteiger partial charge in [-0.05, 0) is 52.9 Å². The molecule has 1 aliphatic heterocycles. The lowest BCUT2D eigenvalue weighted by atomic mass is 9.95. The minimum Gasteiger partial charge on any atom is -0.463 e. The number of hydrogen-bond acceptors (Lipinski definition) is 5. The second-order valence-electron chi connectivity index (χ2n) is 7.20. The Kier molecular flexibility index (Phi) is 6.27. The summed E-state index contributed by atoms with van der Waals surface area (Å²) in [5.74, 6) is 0.396. The number of hydrogen-bond donors (Lipinski definition) is 0. The molecule has 0 radical (unpaired) electrons. The molecule has 6 nitrogen and oxygen atoms in total. The van der Waals surface area contributed by atoms with Crippen LogP contribution in [0, 0.1) is 12.8 Å². The monoisotopic (exact) mass is 355 g/mol. The van der Waals surface area contributed by atoms with Gasteiger partial charge < -0.3 is 14.4 Å². The van der Waals surface area contributed by atoms with Crippen LogP contribution in [-0.4, -0.2) is 46.3 Å². The molecular weight excluding hydrogens is 330 g/mol. The van der Waals surface area contributed by atoms with E-state index in [1.165, 1.54) is 0 Å². The number of carbonyl (C=O) groups excluding carboxylic acids is 1. The van der Waals surface area contributed by atoms with E-state index < -0.39 is 5.60 Å². The molecule has 1 saturated heterocycles. The van der Waals surface area contributed by atoms with Gasteiger partial charge in [0.15, 0.2) is 0 Å². The van der Waals surface area contributed by atoms with Crippen molar-refractivity contribution in [2.45, 2.75) is 52.6 Å². The number of nitrogens with zero attached hydrogens (tertiary/aromatic N) is 3. The Morgan fingerprint density at radius 1 is 1.46 bits per heavy atom. The first kappa shape index (κ1) is 18.8. The minimum atomic E-state index is -0.463. The van der Waals surface area contributed by atoms with Gasteiger partial charge in [-0.3, -0.25) is 0 Å². The number of amides is 1. The van der Waals surface area contributed by atoms with Gasteiger partial charge in [0.1, 0.15) is 10.8 Å². The molecule has 0 saturated carbocycles. The maximum absolute atomic E-state index is 12.2. The molecule has 1 aromatic rings. The van der Waals surface area contributed by atoms with Crippen LogP contribution in [-0.2, 0) is 4.74 Å². The van der Waals surface area contributed by atoms with Crippen molar-refractivity contribution in [2.24, 2.45) is 5.92 Å². The van der Waals surface area contributed by atoms with Crippen molar-refractivity contribution in [3.05, 3.63) is 16.9 Å². The van der Waals surface area contributed by atoms with Crippen LogP contribution in [0.25, 0.3) is 0 Å². The zero-order chi connectivity index (χ0) is 17.7. The van der Waals surface area contributed by atoms with Crippen LogP contribution in [0.15, 0.2) is 6.20 Å². The molecule has 1 unspecified atom stereocenters. The summed E-state index contributed by atoms with van der Waals surface area (Å²) < 4.78 is 11.0. The first-order valence-electron chi connectivity index (χ1n) is 8.34. The largest absolute Gasteiger partial charge is 0.463 e. The highest BCUT2D eigenvalue weighted by Crippen LogP contribution is 2.22. The van der Waals surface area contributed by atoms with Crippen LogP contribution in [0.5, 0.6) is 6.01 Å². The predicted octanol–water partition coefficient (Wildman–Crippen LogP) is 3.85. The summed E-state index contributed by atoms with van der Waals surface area (Å²) in [7, 11) is 0. The Bertz CT molecular complexity index is 575. The van der Waals surface area contributed by atoms with Crippen LogP contribution < -0.4 is 4.74 Å². The number of aromatic nitrogens is 2. The first-order chi connectivity index (χ1) is 11.2. The number of carbonyl (C=O) groups is 1. The Balaban J connectivity index is 1.78. The van der Waals surface area contributed by atoms with Crippen molar-refractivity contribution < 1.29 is 14.3 Å². The molecule has 1 fully saturated rings. The highest BCUT2D eigenvalue weighted by Gasteiger charge is 2.27. The molecule has 1 aromatic heterocycles. The molecule has 134 valence electrons. The average molecular weight is 356 g/mol. The van der Waals surface area contributed by atoms with Crippen LogP contribution in [0.3, 0.4) is 0 Å². The fourth-order valence-electron chi connectivity index (χ4n) is 2.59. The molecule has 0 aromatic carbocycles. The van der Waals surface area contributed by atoms with Gasteiger partial charge in [0.25, 0.3) is 0 Å². The van der Waals surface area contributed by atoms with Gasteiger partial charge in [-0.2, -0.15) is 4.98 Å².